The van der Waals surface area contributed by atoms with E-state index in [0.29, 0.717) is 0 Å². The molecular weight excluding hydrogens is 424 g/mol. The molecule has 3 rings (SSSR count). The number of carboxylic acid groups (broad SMARTS) is 1. The van der Waals surface area contributed by atoms with Crippen LogP contribution in [0.5, 0.6) is 0 Å². The number of ether oxygens (including phenoxy) is 2. The highest BCUT2D eigenvalue weighted by atomic mass is 16.5. The quantitative estimate of drug-likeness (QED) is 0.480. The summed E-state index contributed by atoms with van der Waals surface area (Å²) in [5, 5.41) is 14.1. The second kappa shape index (κ2) is 11.2. The summed E-state index contributed by atoms with van der Waals surface area (Å²) in [6, 6.07) is 13.6. The minimum Gasteiger partial charge on any atom is -0.480 e. The van der Waals surface area contributed by atoms with Crippen molar-refractivity contribution in [2.24, 2.45) is 0 Å². The Balaban J connectivity index is 1.63. The van der Waals surface area contributed by atoms with Gasteiger partial charge in [-0.1, -0.05) is 48.5 Å². The standard InChI is InChI=1S/C25H26N2O6/c1-3-8-21(23(28)26-22(24(29)30)13-14-32-2)27-25(31)33-15-20-18-11-6-4-9-16(18)17-10-5-7-12-19(17)20/h1,4-7,9-12,20-22H,8,13-15H2,2H3,(H,26,28)(H,27,31)(H,29,30). The van der Waals surface area contributed by atoms with Gasteiger partial charge in [-0.2, -0.15) is 0 Å². The number of carbonyl (C=O) groups excluding carboxylic acids is 2. The van der Waals surface area contributed by atoms with Crippen LogP contribution in [0.1, 0.15) is 29.9 Å². The lowest BCUT2D eigenvalue weighted by atomic mass is 9.98. The van der Waals surface area contributed by atoms with Gasteiger partial charge in [0.1, 0.15) is 18.7 Å². The van der Waals surface area contributed by atoms with Gasteiger partial charge in [-0.3, -0.25) is 4.79 Å². The van der Waals surface area contributed by atoms with Gasteiger partial charge in [-0.05, 0) is 22.3 Å². The average Bonchev–Trinajstić information content (AvgIpc) is 3.13. The van der Waals surface area contributed by atoms with Crippen molar-refractivity contribution in [3.63, 3.8) is 0 Å². The van der Waals surface area contributed by atoms with Gasteiger partial charge in [-0.15, -0.1) is 12.3 Å². The second-order valence-corrected chi connectivity index (χ2v) is 7.61. The maximum atomic E-state index is 12.6. The Kier molecular flexibility index (Phi) is 8.06. The first-order valence-corrected chi connectivity index (χ1v) is 10.5. The zero-order chi connectivity index (χ0) is 23.8. The van der Waals surface area contributed by atoms with E-state index >= 15 is 0 Å². The molecule has 0 saturated carbocycles. The van der Waals surface area contributed by atoms with Crippen molar-refractivity contribution in [3.05, 3.63) is 59.7 Å². The van der Waals surface area contributed by atoms with Gasteiger partial charge in [0.15, 0.2) is 0 Å². The van der Waals surface area contributed by atoms with Crippen LogP contribution in [-0.4, -0.2) is 55.5 Å². The Morgan fingerprint density at radius 1 is 1.03 bits per heavy atom. The second-order valence-electron chi connectivity index (χ2n) is 7.61. The van der Waals surface area contributed by atoms with Crippen molar-refractivity contribution >= 4 is 18.0 Å². The molecular formula is C25H26N2O6. The largest absolute Gasteiger partial charge is 0.480 e. The van der Waals surface area contributed by atoms with Crippen LogP contribution in [0.25, 0.3) is 11.1 Å². The van der Waals surface area contributed by atoms with Crippen molar-refractivity contribution in [1.29, 1.82) is 0 Å². The summed E-state index contributed by atoms with van der Waals surface area (Å²) in [5.74, 6) is 0.278. The van der Waals surface area contributed by atoms with E-state index in [2.05, 4.69) is 16.6 Å². The van der Waals surface area contributed by atoms with Crippen LogP contribution in [0.4, 0.5) is 4.79 Å². The summed E-state index contributed by atoms with van der Waals surface area (Å²) < 4.78 is 10.3. The van der Waals surface area contributed by atoms with E-state index in [4.69, 9.17) is 15.9 Å². The number of rotatable bonds is 10. The number of amides is 2. The summed E-state index contributed by atoms with van der Waals surface area (Å²) in [7, 11) is 1.43. The van der Waals surface area contributed by atoms with Crippen LogP contribution in [-0.2, 0) is 19.1 Å². The van der Waals surface area contributed by atoms with E-state index in [9.17, 15) is 19.5 Å². The van der Waals surface area contributed by atoms with E-state index in [1.54, 1.807) is 0 Å². The van der Waals surface area contributed by atoms with E-state index in [1.807, 2.05) is 48.5 Å². The van der Waals surface area contributed by atoms with Crippen LogP contribution < -0.4 is 10.6 Å². The Morgan fingerprint density at radius 3 is 2.18 bits per heavy atom. The Hall–Kier alpha value is -3.83. The first kappa shape index (κ1) is 23.8. The summed E-state index contributed by atoms with van der Waals surface area (Å²) >= 11 is 0. The van der Waals surface area contributed by atoms with Gasteiger partial charge in [-0.25, -0.2) is 9.59 Å². The third-order valence-corrected chi connectivity index (χ3v) is 5.50. The van der Waals surface area contributed by atoms with Crippen LogP contribution in [0.15, 0.2) is 48.5 Å². The molecule has 8 heteroatoms. The van der Waals surface area contributed by atoms with E-state index in [0.717, 1.165) is 22.3 Å². The predicted molar refractivity (Wildman–Crippen MR) is 122 cm³/mol. The maximum absolute atomic E-state index is 12.6. The lowest BCUT2D eigenvalue weighted by Gasteiger charge is -2.20. The van der Waals surface area contributed by atoms with Crippen molar-refractivity contribution in [2.45, 2.75) is 30.8 Å². The van der Waals surface area contributed by atoms with Gasteiger partial charge in [0.05, 0.1) is 0 Å². The minimum atomic E-state index is -1.21. The molecule has 0 aromatic heterocycles. The van der Waals surface area contributed by atoms with E-state index < -0.39 is 30.1 Å². The summed E-state index contributed by atoms with van der Waals surface area (Å²) in [5.41, 5.74) is 4.32. The molecule has 1 aliphatic carbocycles. The van der Waals surface area contributed by atoms with Crippen molar-refractivity contribution in [2.75, 3.05) is 20.3 Å². The fourth-order valence-electron chi connectivity index (χ4n) is 3.87. The topological polar surface area (TPSA) is 114 Å². The number of methoxy groups -OCH3 is 1. The first-order chi connectivity index (χ1) is 16.0. The number of carbonyl (C=O) groups is 3. The number of aliphatic carboxylic acids is 1. The fraction of sp³-hybridized carbons (Fsp3) is 0.320. The van der Waals surface area contributed by atoms with Crippen LogP contribution in [0.2, 0.25) is 0 Å². The molecule has 0 heterocycles. The number of benzene rings is 2. The number of hydrogen-bond donors (Lipinski definition) is 3. The number of alkyl carbamates (subject to hydrolysis) is 1. The van der Waals surface area contributed by atoms with E-state index in [1.165, 1.54) is 7.11 Å². The summed E-state index contributed by atoms with van der Waals surface area (Å²) in [6.07, 6.45) is 4.48. The molecule has 2 amide bonds. The molecule has 2 atom stereocenters. The van der Waals surface area contributed by atoms with Crippen molar-refractivity contribution in [1.82, 2.24) is 10.6 Å². The molecule has 0 saturated heterocycles. The molecule has 3 N–H and O–H groups in total. The molecule has 2 aromatic rings. The molecule has 2 aromatic carbocycles. The molecule has 2 unspecified atom stereocenters. The Bertz CT molecular complexity index is 1020. The normalized spacial score (nSPS) is 13.7. The smallest absolute Gasteiger partial charge is 0.407 e. The number of carboxylic acids is 1. The minimum absolute atomic E-state index is 0.0747. The van der Waals surface area contributed by atoms with Gasteiger partial charge in [0.2, 0.25) is 5.91 Å². The first-order valence-electron chi connectivity index (χ1n) is 10.5. The Morgan fingerprint density at radius 2 is 1.64 bits per heavy atom. The maximum Gasteiger partial charge on any atom is 0.407 e. The zero-order valence-electron chi connectivity index (χ0n) is 18.2. The molecule has 1 aliphatic rings. The number of nitrogens with one attached hydrogen (secondary N) is 2. The van der Waals surface area contributed by atoms with Gasteiger partial charge < -0.3 is 25.2 Å². The molecule has 172 valence electrons. The summed E-state index contributed by atoms with van der Waals surface area (Å²) in [6.45, 7) is 0.229. The molecule has 0 aliphatic heterocycles. The zero-order valence-corrected chi connectivity index (χ0v) is 18.2. The van der Waals surface area contributed by atoms with Crippen LogP contribution in [0.3, 0.4) is 0 Å². The summed E-state index contributed by atoms with van der Waals surface area (Å²) in [4.78, 5) is 36.4. The SMILES string of the molecule is C#CCC(NC(=O)OCC1c2ccccc2-c2ccccc21)C(=O)NC(CCOC)C(=O)O. The van der Waals surface area contributed by atoms with Gasteiger partial charge in [0, 0.05) is 32.5 Å². The fourth-order valence-corrected chi connectivity index (χ4v) is 3.87. The highest BCUT2D eigenvalue weighted by Gasteiger charge is 2.30. The van der Waals surface area contributed by atoms with Gasteiger partial charge in [0.25, 0.3) is 0 Å². The third kappa shape index (κ3) is 5.70. The lowest BCUT2D eigenvalue weighted by Crippen LogP contribution is -2.51. The lowest BCUT2D eigenvalue weighted by molar-refractivity contribution is -0.142. The highest BCUT2D eigenvalue weighted by molar-refractivity contribution is 5.89. The van der Waals surface area contributed by atoms with Crippen LogP contribution >= 0.6 is 0 Å². The third-order valence-electron chi connectivity index (χ3n) is 5.50. The predicted octanol–water partition coefficient (Wildman–Crippen LogP) is 2.52. The van der Waals surface area contributed by atoms with Crippen molar-refractivity contribution in [3.8, 4) is 23.5 Å². The Labute approximate surface area is 192 Å². The molecule has 33 heavy (non-hydrogen) atoms. The molecule has 0 spiro atoms. The number of hydrogen-bond acceptors (Lipinski definition) is 5. The van der Waals surface area contributed by atoms with E-state index in [-0.39, 0.29) is 32.0 Å². The average molecular weight is 450 g/mol. The number of fused-ring (bicyclic) bond motifs is 3. The number of terminal acetylenes is 1. The highest BCUT2D eigenvalue weighted by Crippen LogP contribution is 2.44. The molecule has 8 nitrogen and oxygen atoms in total. The molecule has 0 radical (unpaired) electrons. The van der Waals surface area contributed by atoms with Crippen LogP contribution in [0, 0.1) is 12.3 Å². The van der Waals surface area contributed by atoms with Crippen molar-refractivity contribution < 1.29 is 29.0 Å². The molecule has 0 bridgehead atoms. The van der Waals surface area contributed by atoms with Gasteiger partial charge >= 0.3 is 12.1 Å². The molecule has 0 fully saturated rings. The monoisotopic (exact) mass is 450 g/mol.